The summed E-state index contributed by atoms with van der Waals surface area (Å²) < 4.78 is 10.9. The van der Waals surface area contributed by atoms with Gasteiger partial charge in [-0.3, -0.25) is 0 Å². The van der Waals surface area contributed by atoms with Crippen LogP contribution in [0.3, 0.4) is 0 Å². The second kappa shape index (κ2) is 8.39. The quantitative estimate of drug-likeness (QED) is 0.705. The maximum Gasteiger partial charge on any atom is 0.119 e. The second-order valence-corrected chi connectivity index (χ2v) is 6.78. The van der Waals surface area contributed by atoms with Crippen LogP contribution in [0.25, 0.3) is 0 Å². The highest BCUT2D eigenvalue weighted by atomic mass is 16.5. The molecule has 3 rings (SSSR count). The van der Waals surface area contributed by atoms with Gasteiger partial charge >= 0.3 is 0 Å². The van der Waals surface area contributed by atoms with Crippen molar-refractivity contribution >= 4 is 0 Å². The van der Waals surface area contributed by atoms with Gasteiger partial charge in [-0.05, 0) is 73.5 Å². The van der Waals surface area contributed by atoms with E-state index in [-0.39, 0.29) is 0 Å². The first-order valence-electron chi connectivity index (χ1n) is 9.21. The molecule has 0 saturated carbocycles. The predicted molar refractivity (Wildman–Crippen MR) is 97.8 cm³/mol. The normalized spacial score (nSPS) is 17.0. The molecule has 0 spiro atoms. The van der Waals surface area contributed by atoms with E-state index >= 15 is 0 Å². The van der Waals surface area contributed by atoms with Crippen molar-refractivity contribution < 1.29 is 9.15 Å². The zero-order chi connectivity index (χ0) is 16.8. The van der Waals surface area contributed by atoms with Crippen LogP contribution >= 0.6 is 0 Å². The van der Waals surface area contributed by atoms with E-state index in [1.54, 1.807) is 13.4 Å². The number of methoxy groups -OCH3 is 1. The fraction of sp³-hybridized carbons (Fsp3) is 0.524. The van der Waals surface area contributed by atoms with E-state index in [1.165, 1.54) is 36.8 Å². The number of nitrogens with zero attached hydrogens (tertiary/aromatic N) is 1. The molecule has 130 valence electrons. The van der Waals surface area contributed by atoms with Crippen molar-refractivity contribution in [2.45, 2.75) is 44.9 Å². The van der Waals surface area contributed by atoms with Gasteiger partial charge in [-0.2, -0.15) is 0 Å². The van der Waals surface area contributed by atoms with Gasteiger partial charge in [0.05, 0.1) is 13.4 Å². The summed E-state index contributed by atoms with van der Waals surface area (Å²) in [6.45, 7) is 5.64. The number of rotatable bonds is 8. The number of furan rings is 1. The summed E-state index contributed by atoms with van der Waals surface area (Å²) in [7, 11) is 1.75. The zero-order valence-corrected chi connectivity index (χ0v) is 15.0. The Morgan fingerprint density at radius 1 is 1.25 bits per heavy atom. The Bertz CT molecular complexity index is 621. The summed E-state index contributed by atoms with van der Waals surface area (Å²) in [5.74, 6) is 2.71. The molecule has 1 aromatic heterocycles. The molecule has 1 heterocycles. The molecule has 1 aromatic carbocycles. The third-order valence-electron chi connectivity index (χ3n) is 5.06. The second-order valence-electron chi connectivity index (χ2n) is 6.78. The van der Waals surface area contributed by atoms with E-state index in [2.05, 4.69) is 36.1 Å². The lowest BCUT2D eigenvalue weighted by Gasteiger charge is -2.31. The minimum absolute atomic E-state index is 0.641. The van der Waals surface area contributed by atoms with E-state index in [0.29, 0.717) is 5.92 Å². The number of fused-ring (bicyclic) bond motifs is 1. The molecular weight excluding hydrogens is 298 g/mol. The first kappa shape index (κ1) is 17.1. The van der Waals surface area contributed by atoms with E-state index in [9.17, 15) is 0 Å². The molecule has 0 saturated heterocycles. The van der Waals surface area contributed by atoms with Crippen molar-refractivity contribution in [3.63, 3.8) is 0 Å². The molecule has 3 nitrogen and oxygen atoms in total. The van der Waals surface area contributed by atoms with Crippen molar-refractivity contribution in [1.82, 2.24) is 4.90 Å². The molecular formula is C21H29NO2. The number of hydrogen-bond acceptors (Lipinski definition) is 3. The average molecular weight is 327 g/mol. The van der Waals surface area contributed by atoms with Gasteiger partial charge in [0.1, 0.15) is 11.5 Å². The molecule has 2 aromatic rings. The highest BCUT2D eigenvalue weighted by Crippen LogP contribution is 2.34. The van der Waals surface area contributed by atoms with Gasteiger partial charge in [0.25, 0.3) is 0 Å². The van der Waals surface area contributed by atoms with Crippen LogP contribution in [0.15, 0.2) is 41.0 Å². The van der Waals surface area contributed by atoms with Crippen molar-refractivity contribution in [2.75, 3.05) is 26.7 Å². The maximum atomic E-state index is 5.49. The van der Waals surface area contributed by atoms with Crippen LogP contribution < -0.4 is 4.74 Å². The van der Waals surface area contributed by atoms with Crippen LogP contribution in [0.4, 0.5) is 0 Å². The SMILES string of the molecule is CCCN(CCc1ccco1)CC1CCCc2cc(OC)ccc21. The smallest absolute Gasteiger partial charge is 0.119 e. The van der Waals surface area contributed by atoms with E-state index in [4.69, 9.17) is 9.15 Å². The lowest BCUT2D eigenvalue weighted by atomic mass is 9.82. The molecule has 0 aliphatic heterocycles. The largest absolute Gasteiger partial charge is 0.497 e. The van der Waals surface area contributed by atoms with Gasteiger partial charge in [0.15, 0.2) is 0 Å². The number of benzene rings is 1. The molecule has 1 unspecified atom stereocenters. The van der Waals surface area contributed by atoms with E-state index < -0.39 is 0 Å². The molecule has 3 heteroatoms. The summed E-state index contributed by atoms with van der Waals surface area (Å²) in [4.78, 5) is 2.60. The Morgan fingerprint density at radius 3 is 2.92 bits per heavy atom. The monoisotopic (exact) mass is 327 g/mol. The highest BCUT2D eigenvalue weighted by molar-refractivity contribution is 5.39. The third-order valence-corrected chi connectivity index (χ3v) is 5.06. The lowest BCUT2D eigenvalue weighted by molar-refractivity contribution is 0.245. The van der Waals surface area contributed by atoms with Crippen LogP contribution in [-0.2, 0) is 12.8 Å². The van der Waals surface area contributed by atoms with Gasteiger partial charge in [0.2, 0.25) is 0 Å². The van der Waals surface area contributed by atoms with Crippen molar-refractivity contribution in [2.24, 2.45) is 0 Å². The van der Waals surface area contributed by atoms with Gasteiger partial charge in [-0.25, -0.2) is 0 Å². The van der Waals surface area contributed by atoms with Gasteiger partial charge in [0, 0.05) is 19.5 Å². The number of ether oxygens (including phenoxy) is 1. The van der Waals surface area contributed by atoms with Crippen molar-refractivity contribution in [3.05, 3.63) is 53.5 Å². The maximum absolute atomic E-state index is 5.49. The molecule has 1 aliphatic carbocycles. The Hall–Kier alpha value is -1.74. The van der Waals surface area contributed by atoms with E-state index in [1.807, 2.05) is 6.07 Å². The molecule has 0 fully saturated rings. The summed E-state index contributed by atoms with van der Waals surface area (Å²) in [6.07, 6.45) is 7.71. The van der Waals surface area contributed by atoms with Crippen LogP contribution in [0.2, 0.25) is 0 Å². The van der Waals surface area contributed by atoms with Crippen molar-refractivity contribution in [3.8, 4) is 5.75 Å². The fourth-order valence-electron chi connectivity index (χ4n) is 3.85. The predicted octanol–water partition coefficient (Wildman–Crippen LogP) is 4.66. The minimum atomic E-state index is 0.641. The molecule has 0 N–H and O–H groups in total. The fourth-order valence-corrected chi connectivity index (χ4v) is 3.85. The summed E-state index contributed by atoms with van der Waals surface area (Å²) in [5, 5.41) is 0. The minimum Gasteiger partial charge on any atom is -0.497 e. The third kappa shape index (κ3) is 4.21. The van der Waals surface area contributed by atoms with E-state index in [0.717, 1.165) is 37.6 Å². The zero-order valence-electron chi connectivity index (χ0n) is 15.0. The van der Waals surface area contributed by atoms with Crippen LogP contribution in [0, 0.1) is 0 Å². The van der Waals surface area contributed by atoms with Crippen molar-refractivity contribution in [1.29, 1.82) is 0 Å². The molecule has 1 aliphatic rings. The summed E-state index contributed by atoms with van der Waals surface area (Å²) >= 11 is 0. The molecule has 0 bridgehead atoms. The topological polar surface area (TPSA) is 25.6 Å². The summed E-state index contributed by atoms with van der Waals surface area (Å²) in [6, 6.07) is 10.7. The van der Waals surface area contributed by atoms with Gasteiger partial charge in [-0.1, -0.05) is 13.0 Å². The Kier molecular flexibility index (Phi) is 5.97. The van der Waals surface area contributed by atoms with Gasteiger partial charge in [-0.15, -0.1) is 0 Å². The first-order valence-corrected chi connectivity index (χ1v) is 9.21. The average Bonchev–Trinajstić information content (AvgIpc) is 3.13. The molecule has 0 radical (unpaired) electrons. The Labute approximate surface area is 145 Å². The Balaban J connectivity index is 1.66. The number of hydrogen-bond donors (Lipinski definition) is 0. The van der Waals surface area contributed by atoms with Crippen LogP contribution in [0.5, 0.6) is 5.75 Å². The Morgan fingerprint density at radius 2 is 2.17 bits per heavy atom. The first-order chi connectivity index (χ1) is 11.8. The standard InChI is InChI=1S/C21H29NO2/c1-3-12-22(13-11-19-8-5-14-24-19)16-18-7-4-6-17-15-20(23-2)9-10-21(17)18/h5,8-10,14-15,18H,3-4,6-7,11-13,16H2,1-2H3. The van der Waals surface area contributed by atoms with Gasteiger partial charge < -0.3 is 14.1 Å². The molecule has 24 heavy (non-hydrogen) atoms. The van der Waals surface area contributed by atoms with Crippen LogP contribution in [-0.4, -0.2) is 31.6 Å². The highest BCUT2D eigenvalue weighted by Gasteiger charge is 2.22. The van der Waals surface area contributed by atoms with Crippen LogP contribution in [0.1, 0.15) is 49.0 Å². The number of aryl methyl sites for hydroxylation is 1. The summed E-state index contributed by atoms with van der Waals surface area (Å²) in [5.41, 5.74) is 3.01. The molecule has 1 atom stereocenters. The molecule has 0 amide bonds. The lowest BCUT2D eigenvalue weighted by Crippen LogP contribution is -2.32.